The summed E-state index contributed by atoms with van der Waals surface area (Å²) in [7, 11) is 5.38. The van der Waals surface area contributed by atoms with E-state index in [0.29, 0.717) is 12.8 Å². The second-order valence-electron chi connectivity index (χ2n) is 2.94. The number of rotatable bonds is 3. The van der Waals surface area contributed by atoms with E-state index in [-0.39, 0.29) is 5.82 Å². The highest BCUT2D eigenvalue weighted by Crippen LogP contribution is 2.25. The van der Waals surface area contributed by atoms with Crippen LogP contribution >= 0.6 is 0 Å². The van der Waals surface area contributed by atoms with E-state index in [1.165, 1.54) is 6.08 Å². The highest BCUT2D eigenvalue weighted by atomic mass is 19.4. The Bertz CT molecular complexity index is 158. The fraction of sp³-hybridized carbons (Fsp3) is 0.750. The molecule has 4 heteroatoms. The third kappa shape index (κ3) is 5.27. The zero-order chi connectivity index (χ0) is 9.78. The van der Waals surface area contributed by atoms with Crippen LogP contribution in [0, 0.1) is 0 Å². The molecule has 0 aliphatic carbocycles. The molecule has 1 unspecified atom stereocenters. The molecule has 0 aliphatic rings. The van der Waals surface area contributed by atoms with E-state index in [0.717, 1.165) is 6.92 Å². The van der Waals surface area contributed by atoms with Gasteiger partial charge in [0.05, 0.1) is 7.85 Å². The molecule has 0 heterocycles. The first-order chi connectivity index (χ1) is 5.34. The molecule has 68 valence electrons. The number of hydrogen-bond donors (Lipinski definition) is 0. The van der Waals surface area contributed by atoms with Crippen molar-refractivity contribution in [2.75, 3.05) is 0 Å². The average molecular weight is 176 g/mol. The molecule has 1 atom stereocenters. The topological polar surface area (TPSA) is 0 Å². The Labute approximate surface area is 72.3 Å². The normalized spacial score (nSPS) is 16.2. The third-order valence-electron chi connectivity index (χ3n) is 1.52. The first kappa shape index (κ1) is 11.6. The van der Waals surface area contributed by atoms with Gasteiger partial charge in [-0.25, -0.2) is 0 Å². The lowest BCUT2D eigenvalue weighted by molar-refractivity contribution is -0.0915. The molecule has 12 heavy (non-hydrogen) atoms. The number of halogens is 3. The Hall–Kier alpha value is -0.405. The molecule has 0 aromatic carbocycles. The van der Waals surface area contributed by atoms with Crippen LogP contribution in [-0.2, 0) is 0 Å². The van der Waals surface area contributed by atoms with Crippen molar-refractivity contribution in [2.24, 2.45) is 0 Å². The summed E-state index contributed by atoms with van der Waals surface area (Å²) in [6, 6.07) is 0. The molecular formula is C8H12BF3. The SMILES string of the molecule is [B]C(C)CC/C=C(/C)C(F)(F)F. The Morgan fingerprint density at radius 3 is 2.33 bits per heavy atom. The van der Waals surface area contributed by atoms with E-state index in [9.17, 15) is 13.2 Å². The van der Waals surface area contributed by atoms with Crippen LogP contribution in [0.5, 0.6) is 0 Å². The Balaban J connectivity index is 3.86. The molecule has 0 amide bonds. The van der Waals surface area contributed by atoms with Gasteiger partial charge in [0, 0.05) is 5.57 Å². The molecule has 0 nitrogen and oxygen atoms in total. The van der Waals surface area contributed by atoms with Crippen molar-refractivity contribution in [1.82, 2.24) is 0 Å². The van der Waals surface area contributed by atoms with Gasteiger partial charge in [-0.15, -0.1) is 0 Å². The highest BCUT2D eigenvalue weighted by Gasteiger charge is 2.29. The lowest BCUT2D eigenvalue weighted by Gasteiger charge is -2.06. The van der Waals surface area contributed by atoms with Crippen LogP contribution in [0.25, 0.3) is 0 Å². The lowest BCUT2D eigenvalue weighted by atomic mass is 9.85. The minimum absolute atomic E-state index is 0.0396. The monoisotopic (exact) mass is 176 g/mol. The summed E-state index contributed by atoms with van der Waals surface area (Å²) >= 11 is 0. The molecule has 0 rings (SSSR count). The highest BCUT2D eigenvalue weighted by molar-refractivity contribution is 6.11. The molecular weight excluding hydrogens is 164 g/mol. The number of alkyl halides is 3. The largest absolute Gasteiger partial charge is 0.412 e. The molecule has 0 fully saturated rings. The molecule has 0 aliphatic heterocycles. The Morgan fingerprint density at radius 2 is 2.00 bits per heavy atom. The first-order valence-corrected chi connectivity index (χ1v) is 3.83. The van der Waals surface area contributed by atoms with Crippen LogP contribution in [0.3, 0.4) is 0 Å². The van der Waals surface area contributed by atoms with E-state index in [2.05, 4.69) is 0 Å². The van der Waals surface area contributed by atoms with Gasteiger partial charge in [-0.1, -0.05) is 25.2 Å². The fourth-order valence-electron chi connectivity index (χ4n) is 0.678. The van der Waals surface area contributed by atoms with Gasteiger partial charge in [-0.3, -0.25) is 0 Å². The maximum Gasteiger partial charge on any atom is 0.412 e. The van der Waals surface area contributed by atoms with Gasteiger partial charge in [0.15, 0.2) is 0 Å². The van der Waals surface area contributed by atoms with Gasteiger partial charge in [0.1, 0.15) is 0 Å². The van der Waals surface area contributed by atoms with Gasteiger partial charge in [0.2, 0.25) is 0 Å². The quantitative estimate of drug-likeness (QED) is 0.457. The zero-order valence-electron chi connectivity index (χ0n) is 7.28. The molecule has 0 aromatic rings. The summed E-state index contributed by atoms with van der Waals surface area (Å²) in [6.07, 6.45) is -2.02. The third-order valence-corrected chi connectivity index (χ3v) is 1.52. The fourth-order valence-corrected chi connectivity index (χ4v) is 0.678. The smallest absolute Gasteiger partial charge is 0.167 e. The second kappa shape index (κ2) is 4.58. The maximum absolute atomic E-state index is 11.9. The Kier molecular flexibility index (Phi) is 4.42. The van der Waals surface area contributed by atoms with Crippen molar-refractivity contribution in [3.63, 3.8) is 0 Å². The van der Waals surface area contributed by atoms with Gasteiger partial charge in [-0.2, -0.15) is 13.2 Å². The van der Waals surface area contributed by atoms with Crippen molar-refractivity contribution in [1.29, 1.82) is 0 Å². The van der Waals surface area contributed by atoms with Gasteiger partial charge in [0.25, 0.3) is 0 Å². The van der Waals surface area contributed by atoms with Gasteiger partial charge in [-0.05, 0) is 13.3 Å². The summed E-state index contributed by atoms with van der Waals surface area (Å²) < 4.78 is 35.6. The van der Waals surface area contributed by atoms with E-state index in [1.54, 1.807) is 6.92 Å². The van der Waals surface area contributed by atoms with Crippen LogP contribution < -0.4 is 0 Å². The second-order valence-corrected chi connectivity index (χ2v) is 2.94. The summed E-state index contributed by atoms with van der Waals surface area (Å²) in [5.74, 6) is -0.0396. The van der Waals surface area contributed by atoms with E-state index in [4.69, 9.17) is 7.85 Å². The molecule has 0 saturated carbocycles. The molecule has 0 aromatic heterocycles. The van der Waals surface area contributed by atoms with Crippen molar-refractivity contribution in [3.8, 4) is 0 Å². The summed E-state index contributed by atoms with van der Waals surface area (Å²) in [6.45, 7) is 2.85. The van der Waals surface area contributed by atoms with E-state index >= 15 is 0 Å². The van der Waals surface area contributed by atoms with Crippen LogP contribution in [-0.4, -0.2) is 14.0 Å². The van der Waals surface area contributed by atoms with E-state index in [1.807, 2.05) is 0 Å². The predicted molar refractivity (Wildman–Crippen MR) is 44.2 cm³/mol. The van der Waals surface area contributed by atoms with Gasteiger partial charge >= 0.3 is 6.18 Å². The standard InChI is InChI=1S/C8H12BF3/c1-6(8(10,11)12)4-3-5-7(2)9/h4,7H,3,5H2,1-2H3/b6-4-. The van der Waals surface area contributed by atoms with Gasteiger partial charge < -0.3 is 0 Å². The molecule has 0 saturated heterocycles. The zero-order valence-corrected chi connectivity index (χ0v) is 7.28. The number of allylic oxidation sites excluding steroid dienone is 2. The average Bonchev–Trinajstić information content (AvgIpc) is 1.84. The predicted octanol–water partition coefficient (Wildman–Crippen LogP) is 3.25. The summed E-state index contributed by atoms with van der Waals surface area (Å²) in [5, 5.41) is 0. The summed E-state index contributed by atoms with van der Waals surface area (Å²) in [5.41, 5.74) is -0.539. The molecule has 0 bridgehead atoms. The van der Waals surface area contributed by atoms with Crippen LogP contribution in [0.15, 0.2) is 11.6 Å². The maximum atomic E-state index is 11.9. The molecule has 2 radical (unpaired) electrons. The first-order valence-electron chi connectivity index (χ1n) is 3.83. The number of hydrogen-bond acceptors (Lipinski definition) is 0. The Morgan fingerprint density at radius 1 is 1.50 bits per heavy atom. The summed E-state index contributed by atoms with van der Waals surface area (Å²) in [4.78, 5) is 0. The van der Waals surface area contributed by atoms with E-state index < -0.39 is 11.7 Å². The molecule has 0 N–H and O–H groups in total. The lowest BCUT2D eigenvalue weighted by Crippen LogP contribution is -2.08. The van der Waals surface area contributed by atoms with Crippen molar-refractivity contribution < 1.29 is 13.2 Å². The minimum atomic E-state index is -4.18. The minimum Gasteiger partial charge on any atom is -0.167 e. The van der Waals surface area contributed by atoms with Crippen LogP contribution in [0.4, 0.5) is 13.2 Å². The van der Waals surface area contributed by atoms with Crippen LogP contribution in [0.2, 0.25) is 5.82 Å². The van der Waals surface area contributed by atoms with Crippen molar-refractivity contribution in [2.45, 2.75) is 38.7 Å². The van der Waals surface area contributed by atoms with Crippen LogP contribution in [0.1, 0.15) is 26.7 Å². The van der Waals surface area contributed by atoms with Crippen molar-refractivity contribution in [3.05, 3.63) is 11.6 Å². The van der Waals surface area contributed by atoms with Crippen molar-refractivity contribution >= 4 is 7.85 Å². The molecule has 0 spiro atoms.